The molecule has 0 bridgehead atoms. The minimum absolute atomic E-state index is 0.0110. The molecule has 2 N–H and O–H groups in total. The van der Waals surface area contributed by atoms with E-state index in [4.69, 9.17) is 6.42 Å². The molecule has 2 aromatic rings. The fourth-order valence-corrected chi connectivity index (χ4v) is 4.39. The molecule has 0 fully saturated rings. The van der Waals surface area contributed by atoms with E-state index in [1.807, 2.05) is 6.92 Å². The highest BCUT2D eigenvalue weighted by molar-refractivity contribution is 7.89. The van der Waals surface area contributed by atoms with Crippen molar-refractivity contribution in [2.75, 3.05) is 6.54 Å². The number of sulfonamides is 1. The van der Waals surface area contributed by atoms with Crippen LogP contribution in [0.4, 0.5) is 0 Å². The van der Waals surface area contributed by atoms with Crippen molar-refractivity contribution in [2.24, 2.45) is 0 Å². The van der Waals surface area contributed by atoms with Crippen LogP contribution in [-0.4, -0.2) is 20.9 Å². The van der Waals surface area contributed by atoms with Crippen LogP contribution in [-0.2, 0) is 22.9 Å². The molecule has 146 valence electrons. The number of hydrogen-bond donors (Lipinski definition) is 2. The van der Waals surface area contributed by atoms with Gasteiger partial charge in [-0.1, -0.05) is 30.2 Å². The third kappa shape index (κ3) is 4.61. The van der Waals surface area contributed by atoms with E-state index in [0.717, 1.165) is 18.4 Å². The molecule has 5 nitrogen and oxygen atoms in total. The van der Waals surface area contributed by atoms with E-state index >= 15 is 0 Å². The van der Waals surface area contributed by atoms with Crippen molar-refractivity contribution in [1.29, 1.82) is 0 Å². The quantitative estimate of drug-likeness (QED) is 0.737. The summed E-state index contributed by atoms with van der Waals surface area (Å²) in [6.45, 7) is 1.83. The summed E-state index contributed by atoms with van der Waals surface area (Å²) >= 11 is 0. The second-order valence-corrected chi connectivity index (χ2v) is 8.75. The van der Waals surface area contributed by atoms with Crippen LogP contribution in [0.15, 0.2) is 47.4 Å². The highest BCUT2D eigenvalue weighted by Crippen LogP contribution is 2.25. The van der Waals surface area contributed by atoms with Crippen LogP contribution < -0.4 is 10.0 Å². The van der Waals surface area contributed by atoms with Crippen LogP contribution in [0.25, 0.3) is 0 Å². The molecule has 0 saturated heterocycles. The van der Waals surface area contributed by atoms with E-state index in [2.05, 4.69) is 34.2 Å². The SMILES string of the molecule is C#CCNS(=O)(=O)c1cccc(C(=O)NC(C)c2ccc3c(c2)CCCC3)c1. The maximum atomic E-state index is 12.7. The molecule has 0 radical (unpaired) electrons. The molecule has 1 unspecified atom stereocenters. The maximum Gasteiger partial charge on any atom is 0.251 e. The summed E-state index contributed by atoms with van der Waals surface area (Å²) in [4.78, 5) is 12.7. The molecule has 1 aliphatic carbocycles. The Morgan fingerprint density at radius 1 is 1.14 bits per heavy atom. The summed E-state index contributed by atoms with van der Waals surface area (Å²) in [7, 11) is -3.74. The van der Waals surface area contributed by atoms with Crippen molar-refractivity contribution in [1.82, 2.24) is 10.0 Å². The predicted octanol–water partition coefficient (Wildman–Crippen LogP) is 2.97. The van der Waals surface area contributed by atoms with Crippen LogP contribution in [0.5, 0.6) is 0 Å². The van der Waals surface area contributed by atoms with Crippen LogP contribution in [0.3, 0.4) is 0 Å². The zero-order valence-corrected chi connectivity index (χ0v) is 16.7. The van der Waals surface area contributed by atoms with Gasteiger partial charge in [0.1, 0.15) is 0 Å². The Kier molecular flexibility index (Phi) is 6.18. The summed E-state index contributed by atoms with van der Waals surface area (Å²) < 4.78 is 26.7. The summed E-state index contributed by atoms with van der Waals surface area (Å²) in [5.41, 5.74) is 4.09. The van der Waals surface area contributed by atoms with Crippen LogP contribution >= 0.6 is 0 Å². The zero-order chi connectivity index (χ0) is 20.1. The number of hydrogen-bond acceptors (Lipinski definition) is 3. The lowest BCUT2D eigenvalue weighted by molar-refractivity contribution is 0.0939. The number of terminal acetylenes is 1. The largest absolute Gasteiger partial charge is 0.346 e. The van der Waals surface area contributed by atoms with Gasteiger partial charge in [-0.25, -0.2) is 8.42 Å². The topological polar surface area (TPSA) is 75.3 Å². The molecule has 2 aromatic carbocycles. The Morgan fingerprint density at radius 3 is 2.64 bits per heavy atom. The van der Waals surface area contributed by atoms with Crippen molar-refractivity contribution in [3.63, 3.8) is 0 Å². The Hall–Kier alpha value is -2.62. The molecule has 0 heterocycles. The number of benzene rings is 2. The van der Waals surface area contributed by atoms with E-state index in [0.29, 0.717) is 0 Å². The summed E-state index contributed by atoms with van der Waals surface area (Å²) in [6.07, 6.45) is 9.73. The van der Waals surface area contributed by atoms with Gasteiger partial charge in [0.2, 0.25) is 10.0 Å². The molecule has 28 heavy (non-hydrogen) atoms. The number of fused-ring (bicyclic) bond motifs is 1. The maximum absolute atomic E-state index is 12.7. The fraction of sp³-hybridized carbons (Fsp3) is 0.318. The third-order valence-corrected chi connectivity index (χ3v) is 6.39. The number of aryl methyl sites for hydroxylation is 2. The number of carbonyl (C=O) groups excluding carboxylic acids is 1. The van der Waals surface area contributed by atoms with Gasteiger partial charge in [-0.15, -0.1) is 6.42 Å². The molecular formula is C22H24N2O3S. The molecule has 0 aromatic heterocycles. The lowest BCUT2D eigenvalue weighted by atomic mass is 9.89. The average Bonchev–Trinajstić information content (AvgIpc) is 2.72. The van der Waals surface area contributed by atoms with E-state index in [1.165, 1.54) is 36.1 Å². The van der Waals surface area contributed by atoms with E-state index < -0.39 is 10.0 Å². The normalized spacial score (nSPS) is 14.6. The molecule has 6 heteroatoms. The van der Waals surface area contributed by atoms with E-state index in [1.54, 1.807) is 12.1 Å². The summed E-state index contributed by atoms with van der Waals surface area (Å²) in [6, 6.07) is 12.1. The monoisotopic (exact) mass is 396 g/mol. The summed E-state index contributed by atoms with van der Waals surface area (Å²) in [5.74, 6) is 1.91. The highest BCUT2D eigenvalue weighted by Gasteiger charge is 2.18. The number of nitrogens with one attached hydrogen (secondary N) is 2. The second kappa shape index (κ2) is 8.59. The first-order chi connectivity index (χ1) is 13.4. The second-order valence-electron chi connectivity index (χ2n) is 6.99. The van der Waals surface area contributed by atoms with Gasteiger partial charge in [-0.3, -0.25) is 4.79 Å². The number of carbonyl (C=O) groups is 1. The molecule has 0 saturated carbocycles. The molecule has 1 amide bonds. The standard InChI is InChI=1S/C22H24N2O3S/c1-3-13-23-28(26,27)21-10-6-9-20(15-21)22(25)24-16(2)18-12-11-17-7-4-5-8-19(17)14-18/h1,6,9-12,14-16,23H,4-5,7-8,13H2,2H3,(H,24,25). The third-order valence-electron chi connectivity index (χ3n) is 4.99. The van der Waals surface area contributed by atoms with Crippen LogP contribution in [0.1, 0.15) is 52.9 Å². The van der Waals surface area contributed by atoms with Gasteiger partial charge in [0, 0.05) is 5.56 Å². The first-order valence-corrected chi connectivity index (χ1v) is 10.8. The molecular weight excluding hydrogens is 372 g/mol. The first kappa shape index (κ1) is 20.1. The molecule has 0 aliphatic heterocycles. The van der Waals surface area contributed by atoms with Crippen molar-refractivity contribution in [3.05, 3.63) is 64.7 Å². The fourth-order valence-electron chi connectivity index (χ4n) is 3.41. The lowest BCUT2D eigenvalue weighted by Crippen LogP contribution is -2.28. The molecule has 1 atom stereocenters. The Morgan fingerprint density at radius 2 is 1.89 bits per heavy atom. The van der Waals surface area contributed by atoms with Gasteiger partial charge in [0.25, 0.3) is 5.91 Å². The van der Waals surface area contributed by atoms with E-state index in [-0.39, 0.29) is 29.0 Å². The van der Waals surface area contributed by atoms with Gasteiger partial charge in [0.05, 0.1) is 17.5 Å². The predicted molar refractivity (Wildman–Crippen MR) is 109 cm³/mol. The Labute approximate surface area is 166 Å². The van der Waals surface area contributed by atoms with Gasteiger partial charge >= 0.3 is 0 Å². The van der Waals surface area contributed by atoms with Crippen molar-refractivity contribution in [3.8, 4) is 12.3 Å². The van der Waals surface area contributed by atoms with Gasteiger partial charge < -0.3 is 5.32 Å². The van der Waals surface area contributed by atoms with Crippen molar-refractivity contribution in [2.45, 2.75) is 43.5 Å². The molecule has 1 aliphatic rings. The Balaban J connectivity index is 1.74. The smallest absolute Gasteiger partial charge is 0.251 e. The molecule has 3 rings (SSSR count). The Bertz CT molecular complexity index is 1020. The summed E-state index contributed by atoms with van der Waals surface area (Å²) in [5, 5.41) is 2.95. The number of rotatable bonds is 6. The van der Waals surface area contributed by atoms with Gasteiger partial charge in [-0.05, 0) is 67.5 Å². The highest BCUT2D eigenvalue weighted by atomic mass is 32.2. The molecule has 0 spiro atoms. The van der Waals surface area contributed by atoms with Gasteiger partial charge in [0.15, 0.2) is 0 Å². The lowest BCUT2D eigenvalue weighted by Gasteiger charge is -2.20. The minimum Gasteiger partial charge on any atom is -0.346 e. The minimum atomic E-state index is -3.74. The van der Waals surface area contributed by atoms with Crippen molar-refractivity contribution >= 4 is 15.9 Å². The van der Waals surface area contributed by atoms with Crippen LogP contribution in [0.2, 0.25) is 0 Å². The first-order valence-electron chi connectivity index (χ1n) is 9.36. The number of amides is 1. The van der Waals surface area contributed by atoms with Crippen LogP contribution in [0, 0.1) is 12.3 Å². The average molecular weight is 397 g/mol. The van der Waals surface area contributed by atoms with E-state index in [9.17, 15) is 13.2 Å². The zero-order valence-electron chi connectivity index (χ0n) is 15.9. The van der Waals surface area contributed by atoms with Gasteiger partial charge in [-0.2, -0.15) is 4.72 Å². The van der Waals surface area contributed by atoms with Crippen molar-refractivity contribution < 1.29 is 13.2 Å².